The van der Waals surface area contributed by atoms with Gasteiger partial charge >= 0.3 is 6.18 Å². The van der Waals surface area contributed by atoms with Gasteiger partial charge in [-0.2, -0.15) is 18.3 Å². The van der Waals surface area contributed by atoms with Crippen LogP contribution in [0.15, 0.2) is 53.6 Å². The smallest absolute Gasteiger partial charge is 0.416 e. The highest BCUT2D eigenvalue weighted by atomic mass is 19.4. The van der Waals surface area contributed by atoms with E-state index in [1.54, 1.807) is 5.01 Å². The Morgan fingerprint density at radius 1 is 1.09 bits per heavy atom. The van der Waals surface area contributed by atoms with Gasteiger partial charge in [-0.3, -0.25) is 9.80 Å². The largest absolute Gasteiger partial charge is 0.494 e. The number of nitrogens with one attached hydrogen (secondary N) is 2. The number of halogens is 3. The summed E-state index contributed by atoms with van der Waals surface area (Å²) in [5.41, 5.74) is 1.33. The zero-order chi connectivity index (χ0) is 23.8. The van der Waals surface area contributed by atoms with Crippen LogP contribution in [-0.4, -0.2) is 48.9 Å². The van der Waals surface area contributed by atoms with E-state index in [1.807, 2.05) is 31.2 Å². The number of carbonyl (C=O) groups is 1. The van der Waals surface area contributed by atoms with Gasteiger partial charge in [0.25, 0.3) is 0 Å². The van der Waals surface area contributed by atoms with Crippen molar-refractivity contribution in [2.45, 2.75) is 38.9 Å². The number of hydrogen-bond acceptors (Lipinski definition) is 5. The third kappa shape index (κ3) is 6.95. The van der Waals surface area contributed by atoms with E-state index in [9.17, 15) is 18.0 Å². The Bertz CT molecular complexity index is 944. The Labute approximate surface area is 191 Å². The van der Waals surface area contributed by atoms with Gasteiger partial charge in [0, 0.05) is 5.69 Å². The second kappa shape index (κ2) is 11.2. The standard InChI is InChI=1S/C24H29F3N4O2/c1-3-13-28-21-15-31(30-23(21)17-5-11-20(12-6-17)33-14-4-2)16-22(32)29-19-9-7-18(8-10-19)24(25,26)27/h5-12,21,28H,3-4,13-16H2,1-2H3,(H,29,32). The van der Waals surface area contributed by atoms with Gasteiger partial charge in [-0.1, -0.05) is 13.8 Å². The fourth-order valence-electron chi connectivity index (χ4n) is 3.45. The molecule has 0 bridgehead atoms. The van der Waals surface area contributed by atoms with Crippen LogP contribution in [0.4, 0.5) is 18.9 Å². The van der Waals surface area contributed by atoms with E-state index in [1.165, 1.54) is 12.1 Å². The molecule has 2 aromatic rings. The van der Waals surface area contributed by atoms with E-state index in [0.29, 0.717) is 18.8 Å². The van der Waals surface area contributed by atoms with E-state index in [0.717, 1.165) is 48.5 Å². The summed E-state index contributed by atoms with van der Waals surface area (Å²) in [6.07, 6.45) is -2.52. The third-order valence-electron chi connectivity index (χ3n) is 5.06. The van der Waals surface area contributed by atoms with Crippen LogP contribution in [0.5, 0.6) is 5.75 Å². The topological polar surface area (TPSA) is 66.0 Å². The first-order chi connectivity index (χ1) is 15.8. The number of alkyl halides is 3. The van der Waals surface area contributed by atoms with Crippen LogP contribution in [0.1, 0.15) is 37.8 Å². The van der Waals surface area contributed by atoms with E-state index >= 15 is 0 Å². The lowest BCUT2D eigenvalue weighted by Gasteiger charge is -2.17. The van der Waals surface area contributed by atoms with Gasteiger partial charge in [0.05, 0.1) is 30.5 Å². The van der Waals surface area contributed by atoms with Crippen molar-refractivity contribution in [1.82, 2.24) is 10.3 Å². The molecule has 2 aromatic carbocycles. The monoisotopic (exact) mass is 462 g/mol. The normalized spacial score (nSPS) is 16.0. The lowest BCUT2D eigenvalue weighted by Crippen LogP contribution is -2.40. The maximum absolute atomic E-state index is 12.7. The van der Waals surface area contributed by atoms with Crippen LogP contribution in [0, 0.1) is 0 Å². The summed E-state index contributed by atoms with van der Waals surface area (Å²) in [5, 5.41) is 12.4. The molecule has 0 aromatic heterocycles. The second-order valence-corrected chi connectivity index (χ2v) is 7.84. The van der Waals surface area contributed by atoms with E-state index in [2.05, 4.69) is 22.7 Å². The minimum atomic E-state index is -4.41. The highest BCUT2D eigenvalue weighted by molar-refractivity contribution is 6.05. The molecule has 1 heterocycles. The van der Waals surface area contributed by atoms with E-state index in [-0.39, 0.29) is 18.5 Å². The molecule has 1 amide bonds. The van der Waals surface area contributed by atoms with Crippen molar-refractivity contribution >= 4 is 17.3 Å². The van der Waals surface area contributed by atoms with Gasteiger partial charge in [0.1, 0.15) is 12.3 Å². The fraction of sp³-hybridized carbons (Fsp3) is 0.417. The van der Waals surface area contributed by atoms with E-state index in [4.69, 9.17) is 4.74 Å². The van der Waals surface area contributed by atoms with Gasteiger partial charge in [0.2, 0.25) is 5.91 Å². The van der Waals surface area contributed by atoms with Crippen LogP contribution < -0.4 is 15.4 Å². The Morgan fingerprint density at radius 2 is 1.79 bits per heavy atom. The summed E-state index contributed by atoms with van der Waals surface area (Å²) >= 11 is 0. The Morgan fingerprint density at radius 3 is 2.39 bits per heavy atom. The molecule has 0 fully saturated rings. The van der Waals surface area contributed by atoms with E-state index < -0.39 is 11.7 Å². The summed E-state index contributed by atoms with van der Waals surface area (Å²) in [4.78, 5) is 12.5. The van der Waals surface area contributed by atoms with Crippen molar-refractivity contribution in [2.24, 2.45) is 5.10 Å². The lowest BCUT2D eigenvalue weighted by atomic mass is 10.0. The summed E-state index contributed by atoms with van der Waals surface area (Å²) in [6.45, 7) is 6.11. The number of rotatable bonds is 10. The Hall–Kier alpha value is -3.07. The number of ether oxygens (including phenoxy) is 1. The molecular weight excluding hydrogens is 433 g/mol. The lowest BCUT2D eigenvalue weighted by molar-refractivity contribution is -0.137. The number of benzene rings is 2. The molecular formula is C24H29F3N4O2. The van der Waals surface area contributed by atoms with Gasteiger partial charge < -0.3 is 15.4 Å². The van der Waals surface area contributed by atoms with Gasteiger partial charge in [-0.15, -0.1) is 0 Å². The van der Waals surface area contributed by atoms with Crippen LogP contribution in [-0.2, 0) is 11.0 Å². The molecule has 6 nitrogen and oxygen atoms in total. The molecule has 0 spiro atoms. The van der Waals surface area contributed by atoms with Crippen molar-refractivity contribution < 1.29 is 22.7 Å². The first-order valence-electron chi connectivity index (χ1n) is 11.1. The number of nitrogens with zero attached hydrogens (tertiary/aromatic N) is 2. The van der Waals surface area contributed by atoms with Gasteiger partial charge in [-0.05, 0) is 73.5 Å². The zero-order valence-corrected chi connectivity index (χ0v) is 18.8. The molecule has 1 atom stereocenters. The molecule has 1 aliphatic heterocycles. The van der Waals surface area contributed by atoms with Crippen LogP contribution in [0.2, 0.25) is 0 Å². The molecule has 2 N–H and O–H groups in total. The maximum Gasteiger partial charge on any atom is 0.416 e. The van der Waals surface area contributed by atoms with Gasteiger partial charge in [0.15, 0.2) is 0 Å². The number of hydrogen-bond donors (Lipinski definition) is 2. The third-order valence-corrected chi connectivity index (χ3v) is 5.06. The summed E-state index contributed by atoms with van der Waals surface area (Å²) in [7, 11) is 0. The zero-order valence-electron chi connectivity index (χ0n) is 18.8. The van der Waals surface area contributed by atoms with Crippen molar-refractivity contribution in [1.29, 1.82) is 0 Å². The minimum absolute atomic E-state index is 0.00742. The highest BCUT2D eigenvalue weighted by Crippen LogP contribution is 2.29. The number of anilines is 1. The molecule has 178 valence electrons. The van der Waals surface area contributed by atoms with Crippen LogP contribution in [0.3, 0.4) is 0 Å². The van der Waals surface area contributed by atoms with Crippen molar-refractivity contribution in [3.8, 4) is 5.75 Å². The predicted octanol–water partition coefficient (Wildman–Crippen LogP) is 4.52. The minimum Gasteiger partial charge on any atom is -0.494 e. The molecule has 0 radical (unpaired) electrons. The molecule has 0 saturated carbocycles. The molecule has 0 saturated heterocycles. The Balaban J connectivity index is 1.65. The molecule has 3 rings (SSSR count). The summed E-state index contributed by atoms with van der Waals surface area (Å²) < 4.78 is 43.8. The predicted molar refractivity (Wildman–Crippen MR) is 122 cm³/mol. The van der Waals surface area contributed by atoms with Crippen molar-refractivity contribution in [2.75, 3.05) is 31.6 Å². The maximum atomic E-state index is 12.7. The first-order valence-corrected chi connectivity index (χ1v) is 11.1. The molecule has 9 heteroatoms. The summed E-state index contributed by atoms with van der Waals surface area (Å²) in [6, 6.07) is 12.1. The Kier molecular flexibility index (Phi) is 8.32. The average Bonchev–Trinajstić information content (AvgIpc) is 3.18. The first kappa shape index (κ1) is 24.6. The number of amides is 1. The van der Waals surface area contributed by atoms with Crippen molar-refractivity contribution in [3.05, 3.63) is 59.7 Å². The number of hydrazone groups is 1. The molecule has 1 aliphatic rings. The highest BCUT2D eigenvalue weighted by Gasteiger charge is 2.30. The van der Waals surface area contributed by atoms with Crippen molar-refractivity contribution in [3.63, 3.8) is 0 Å². The van der Waals surface area contributed by atoms with Crippen LogP contribution >= 0.6 is 0 Å². The SMILES string of the molecule is CCCNC1CN(CC(=O)Nc2ccc(C(F)(F)F)cc2)N=C1c1ccc(OCCC)cc1. The average molecular weight is 463 g/mol. The fourth-order valence-corrected chi connectivity index (χ4v) is 3.45. The molecule has 33 heavy (non-hydrogen) atoms. The molecule has 1 unspecified atom stereocenters. The summed E-state index contributed by atoms with van der Waals surface area (Å²) in [5.74, 6) is 0.447. The molecule has 0 aliphatic carbocycles. The van der Waals surface area contributed by atoms with Gasteiger partial charge in [-0.25, -0.2) is 0 Å². The quantitative estimate of drug-likeness (QED) is 0.545. The number of carbonyl (C=O) groups excluding carboxylic acids is 1. The van der Waals surface area contributed by atoms with Crippen LogP contribution in [0.25, 0.3) is 0 Å². The second-order valence-electron chi connectivity index (χ2n) is 7.84.